The van der Waals surface area contributed by atoms with Crippen molar-refractivity contribution >= 4 is 22.9 Å². The average Bonchev–Trinajstić information content (AvgIpc) is 2.98. The zero-order chi connectivity index (χ0) is 18.6. The van der Waals surface area contributed by atoms with Crippen LogP contribution in [0.15, 0.2) is 24.3 Å². The molecular weight excluding hydrogens is 338 g/mol. The van der Waals surface area contributed by atoms with Gasteiger partial charge in [-0.1, -0.05) is 25.5 Å². The number of nitro groups is 1. The molecule has 7 heteroatoms. The number of aromatic nitrogens is 1. The van der Waals surface area contributed by atoms with Gasteiger partial charge in [0.05, 0.1) is 21.7 Å². The van der Waals surface area contributed by atoms with E-state index in [-0.39, 0.29) is 17.6 Å². The van der Waals surface area contributed by atoms with Gasteiger partial charge in [0.15, 0.2) is 0 Å². The van der Waals surface area contributed by atoms with Crippen LogP contribution in [0.5, 0.6) is 0 Å². The molecule has 2 aromatic rings. The Bertz CT molecular complexity index is 773. The fourth-order valence-electron chi connectivity index (χ4n) is 2.54. The number of hydrogen-bond donors (Lipinski definition) is 0. The first kappa shape index (κ1) is 19.1. The van der Waals surface area contributed by atoms with Gasteiger partial charge in [0.25, 0.3) is 11.6 Å². The fraction of sp³-hybridized carbons (Fsp3) is 0.444. The van der Waals surface area contributed by atoms with Crippen LogP contribution in [-0.2, 0) is 6.42 Å². The van der Waals surface area contributed by atoms with Gasteiger partial charge in [-0.05, 0) is 32.3 Å². The smallest absolute Gasteiger partial charge is 0.269 e. The number of nitro benzene ring substituents is 1. The lowest BCUT2D eigenvalue weighted by Gasteiger charge is -2.25. The summed E-state index contributed by atoms with van der Waals surface area (Å²) in [6, 6.07) is 6.14. The van der Waals surface area contributed by atoms with Crippen LogP contribution in [0.25, 0.3) is 0 Å². The molecule has 0 bridgehead atoms. The molecule has 0 saturated heterocycles. The summed E-state index contributed by atoms with van der Waals surface area (Å²) in [6.07, 6.45) is 3.03. The summed E-state index contributed by atoms with van der Waals surface area (Å²) >= 11 is 1.45. The molecule has 25 heavy (non-hydrogen) atoms. The van der Waals surface area contributed by atoms with Crippen molar-refractivity contribution in [3.05, 3.63) is 55.5 Å². The number of hydrogen-bond acceptors (Lipinski definition) is 5. The number of unbranched alkanes of at least 4 members (excludes halogenated alkanes) is 1. The lowest BCUT2D eigenvalue weighted by atomic mass is 10.1. The number of carbonyl (C=O) groups excluding carboxylic acids is 1. The second kappa shape index (κ2) is 8.20. The molecule has 0 saturated carbocycles. The van der Waals surface area contributed by atoms with Crippen molar-refractivity contribution in [2.24, 2.45) is 0 Å². The van der Waals surface area contributed by atoms with Crippen LogP contribution in [0.3, 0.4) is 0 Å². The second-order valence-electron chi connectivity index (χ2n) is 6.07. The number of nitrogens with zero attached hydrogens (tertiary/aromatic N) is 3. The van der Waals surface area contributed by atoms with Crippen LogP contribution in [0.2, 0.25) is 0 Å². The average molecular weight is 361 g/mol. The third-order valence-electron chi connectivity index (χ3n) is 4.24. The predicted molar refractivity (Wildman–Crippen MR) is 99.1 cm³/mol. The first-order valence-corrected chi connectivity index (χ1v) is 9.14. The number of non-ortho nitro benzene ring substituents is 1. The highest BCUT2D eigenvalue weighted by molar-refractivity contribution is 7.13. The maximum Gasteiger partial charge on any atom is 0.269 e. The summed E-state index contributed by atoms with van der Waals surface area (Å²) < 4.78 is 0. The van der Waals surface area contributed by atoms with E-state index in [1.54, 1.807) is 24.1 Å². The van der Waals surface area contributed by atoms with Gasteiger partial charge < -0.3 is 4.90 Å². The summed E-state index contributed by atoms with van der Waals surface area (Å²) in [7, 11) is 1.72. The van der Waals surface area contributed by atoms with Crippen LogP contribution in [0.1, 0.15) is 58.7 Å². The summed E-state index contributed by atoms with van der Waals surface area (Å²) in [4.78, 5) is 30.1. The number of rotatable bonds is 7. The van der Waals surface area contributed by atoms with E-state index in [0.29, 0.717) is 4.88 Å². The Morgan fingerprint density at radius 1 is 1.44 bits per heavy atom. The number of carbonyl (C=O) groups is 1. The molecular formula is C18H23N3O3S. The molecule has 1 unspecified atom stereocenters. The van der Waals surface area contributed by atoms with E-state index in [1.807, 2.05) is 13.8 Å². The molecule has 0 aliphatic rings. The quantitative estimate of drug-likeness (QED) is 0.536. The lowest BCUT2D eigenvalue weighted by molar-refractivity contribution is -0.384. The predicted octanol–water partition coefficient (Wildman–Crippen LogP) is 4.54. The largest absolute Gasteiger partial charge is 0.334 e. The Labute approximate surface area is 151 Å². The molecule has 134 valence electrons. The molecule has 0 N–H and O–H groups in total. The highest BCUT2D eigenvalue weighted by Gasteiger charge is 2.24. The second-order valence-corrected chi connectivity index (χ2v) is 7.15. The molecule has 6 nitrogen and oxygen atoms in total. The van der Waals surface area contributed by atoms with Gasteiger partial charge in [-0.3, -0.25) is 14.9 Å². The molecule has 1 atom stereocenters. The summed E-state index contributed by atoms with van der Waals surface area (Å²) in [6.45, 7) is 5.84. The number of thiazole rings is 1. The lowest BCUT2D eigenvalue weighted by Crippen LogP contribution is -2.29. The molecule has 0 radical (unpaired) electrons. The first-order chi connectivity index (χ1) is 11.8. The van der Waals surface area contributed by atoms with Crippen LogP contribution in [-0.4, -0.2) is 27.8 Å². The summed E-state index contributed by atoms with van der Waals surface area (Å²) in [5.41, 5.74) is 1.51. The van der Waals surface area contributed by atoms with Gasteiger partial charge in [-0.15, -0.1) is 11.3 Å². The van der Waals surface area contributed by atoms with Crippen molar-refractivity contribution in [3.63, 3.8) is 0 Å². The Morgan fingerprint density at radius 3 is 2.80 bits per heavy atom. The Balaban J connectivity index is 2.20. The van der Waals surface area contributed by atoms with Crippen molar-refractivity contribution < 1.29 is 9.72 Å². The maximum absolute atomic E-state index is 12.8. The van der Waals surface area contributed by atoms with Gasteiger partial charge in [-0.2, -0.15) is 0 Å². The van der Waals surface area contributed by atoms with E-state index in [2.05, 4.69) is 11.9 Å². The van der Waals surface area contributed by atoms with Crippen molar-refractivity contribution in [1.82, 2.24) is 9.88 Å². The molecule has 1 aromatic heterocycles. The van der Waals surface area contributed by atoms with Gasteiger partial charge in [-0.25, -0.2) is 4.98 Å². The topological polar surface area (TPSA) is 76.3 Å². The molecule has 1 heterocycles. The molecule has 0 aliphatic heterocycles. The third-order valence-corrected chi connectivity index (χ3v) is 5.45. The van der Waals surface area contributed by atoms with Crippen LogP contribution in [0.4, 0.5) is 5.69 Å². The summed E-state index contributed by atoms with van der Waals surface area (Å²) in [5.74, 6) is -0.100. The van der Waals surface area contributed by atoms with Gasteiger partial charge >= 0.3 is 0 Å². The van der Waals surface area contributed by atoms with E-state index in [1.165, 1.54) is 23.5 Å². The first-order valence-electron chi connectivity index (χ1n) is 8.33. The van der Waals surface area contributed by atoms with Crippen molar-refractivity contribution in [3.8, 4) is 0 Å². The monoisotopic (exact) mass is 361 g/mol. The highest BCUT2D eigenvalue weighted by Crippen LogP contribution is 2.27. The third kappa shape index (κ3) is 4.42. The Hall–Kier alpha value is -2.28. The van der Waals surface area contributed by atoms with E-state index >= 15 is 0 Å². The van der Waals surface area contributed by atoms with Crippen molar-refractivity contribution in [2.45, 2.75) is 46.1 Å². The van der Waals surface area contributed by atoms with Gasteiger partial charge in [0.1, 0.15) is 4.88 Å². The van der Waals surface area contributed by atoms with E-state index < -0.39 is 4.92 Å². The minimum absolute atomic E-state index is 0.0287. The zero-order valence-corrected chi connectivity index (χ0v) is 15.8. The molecule has 0 aliphatic carbocycles. The molecule has 0 fully saturated rings. The van der Waals surface area contributed by atoms with Crippen molar-refractivity contribution in [2.75, 3.05) is 7.05 Å². The molecule has 2 rings (SSSR count). The fourth-order valence-corrected chi connectivity index (χ4v) is 3.63. The van der Waals surface area contributed by atoms with Crippen molar-refractivity contribution in [1.29, 1.82) is 0 Å². The number of aryl methyl sites for hydroxylation is 2. The van der Waals surface area contributed by atoms with Gasteiger partial charge in [0, 0.05) is 19.2 Å². The van der Waals surface area contributed by atoms with E-state index in [0.717, 1.165) is 35.5 Å². The highest BCUT2D eigenvalue weighted by atomic mass is 32.1. The standard InChI is InChI=1S/C18H23N3O3S/c1-5-6-10-16-19-12(2)17(25-16)18(22)20(4)13(3)14-8-7-9-15(11-14)21(23)24/h7-9,11,13H,5-6,10H2,1-4H3. The van der Waals surface area contributed by atoms with Crippen LogP contribution in [0, 0.1) is 17.0 Å². The molecule has 1 amide bonds. The maximum atomic E-state index is 12.8. The summed E-state index contributed by atoms with van der Waals surface area (Å²) in [5, 5.41) is 11.9. The van der Waals surface area contributed by atoms with Crippen LogP contribution >= 0.6 is 11.3 Å². The Morgan fingerprint density at radius 2 is 2.16 bits per heavy atom. The van der Waals surface area contributed by atoms with E-state index in [4.69, 9.17) is 0 Å². The normalized spacial score (nSPS) is 12.0. The molecule has 1 aromatic carbocycles. The minimum Gasteiger partial charge on any atom is -0.334 e. The minimum atomic E-state index is -0.425. The van der Waals surface area contributed by atoms with Gasteiger partial charge in [0.2, 0.25) is 0 Å². The zero-order valence-electron chi connectivity index (χ0n) is 15.0. The Kier molecular flexibility index (Phi) is 6.25. The SMILES string of the molecule is CCCCc1nc(C)c(C(=O)N(C)C(C)c2cccc([N+](=O)[O-])c2)s1. The number of amides is 1. The van der Waals surface area contributed by atoms with E-state index in [9.17, 15) is 14.9 Å². The number of benzene rings is 1. The molecule has 0 spiro atoms. The van der Waals surface area contributed by atoms with Crippen LogP contribution < -0.4 is 0 Å².